The van der Waals surface area contributed by atoms with Crippen molar-refractivity contribution in [1.29, 1.82) is 0 Å². The van der Waals surface area contributed by atoms with Gasteiger partial charge in [-0.15, -0.1) is 0 Å². The Hall–Kier alpha value is -1.53. The lowest BCUT2D eigenvalue weighted by Gasteiger charge is -2.31. The largest absolute Gasteiger partial charge is 0.358 e. The Morgan fingerprint density at radius 2 is 1.96 bits per heavy atom. The quantitative estimate of drug-likeness (QED) is 0.664. The Morgan fingerprint density at radius 3 is 2.62 bits per heavy atom. The molecule has 2 amide bonds. The van der Waals surface area contributed by atoms with Crippen LogP contribution in [0.2, 0.25) is 5.02 Å². The molecule has 0 spiro atoms. The minimum atomic E-state index is -0.435. The summed E-state index contributed by atoms with van der Waals surface area (Å²) in [7, 11) is 1.59. The van der Waals surface area contributed by atoms with Crippen LogP contribution >= 0.6 is 23.4 Å². The second-order valence-corrected chi connectivity index (χ2v) is 7.86. The molecule has 1 unspecified atom stereocenters. The zero-order chi connectivity index (χ0) is 18.9. The van der Waals surface area contributed by atoms with E-state index in [4.69, 9.17) is 11.6 Å². The first-order valence-corrected chi connectivity index (χ1v) is 10.3. The Morgan fingerprint density at radius 1 is 1.27 bits per heavy atom. The number of nitrogens with zero attached hydrogens (tertiary/aromatic N) is 2. The van der Waals surface area contributed by atoms with E-state index in [1.54, 1.807) is 24.1 Å². The highest BCUT2D eigenvalue weighted by Gasteiger charge is 2.35. The molecule has 0 saturated carbocycles. The van der Waals surface area contributed by atoms with Crippen molar-refractivity contribution in [1.82, 2.24) is 10.2 Å². The van der Waals surface area contributed by atoms with Gasteiger partial charge in [0.2, 0.25) is 11.8 Å². The van der Waals surface area contributed by atoms with E-state index >= 15 is 0 Å². The Kier molecular flexibility index (Phi) is 8.45. The minimum Gasteiger partial charge on any atom is -0.358 e. The summed E-state index contributed by atoms with van der Waals surface area (Å²) in [5.41, 5.74) is 0.721. The van der Waals surface area contributed by atoms with Crippen molar-refractivity contribution in [2.45, 2.75) is 50.7 Å². The summed E-state index contributed by atoms with van der Waals surface area (Å²) in [6, 6.07) is 7.15. The van der Waals surface area contributed by atoms with Crippen LogP contribution in [0.15, 0.2) is 29.3 Å². The molecule has 1 aromatic rings. The molecule has 1 fully saturated rings. The molecule has 2 rings (SSSR count). The SMILES string of the molecule is CCCCCCCN1C(=O)CC(C(=O)NC)SC1=Nc1ccc(Cl)cc1. The first-order chi connectivity index (χ1) is 12.5. The average Bonchev–Trinajstić information content (AvgIpc) is 2.64. The highest BCUT2D eigenvalue weighted by molar-refractivity contribution is 8.15. The predicted octanol–water partition coefficient (Wildman–Crippen LogP) is 4.38. The van der Waals surface area contributed by atoms with Crippen molar-refractivity contribution in [2.24, 2.45) is 4.99 Å². The molecule has 1 atom stereocenters. The molecule has 1 aliphatic heterocycles. The fraction of sp³-hybridized carbons (Fsp3) is 0.526. The van der Waals surface area contributed by atoms with Gasteiger partial charge in [0.1, 0.15) is 0 Å². The number of nitrogens with one attached hydrogen (secondary N) is 1. The van der Waals surface area contributed by atoms with Gasteiger partial charge in [-0.2, -0.15) is 0 Å². The van der Waals surface area contributed by atoms with Crippen molar-refractivity contribution >= 4 is 46.0 Å². The van der Waals surface area contributed by atoms with Crippen LogP contribution < -0.4 is 5.32 Å². The van der Waals surface area contributed by atoms with E-state index in [2.05, 4.69) is 17.2 Å². The van der Waals surface area contributed by atoms with Gasteiger partial charge in [0, 0.05) is 25.0 Å². The number of amides is 2. The smallest absolute Gasteiger partial charge is 0.233 e. The Bertz CT molecular complexity index is 649. The standard InChI is InChI=1S/C19H26ClN3O2S/c1-3-4-5-6-7-12-23-17(24)13-16(18(25)21-2)26-19(23)22-15-10-8-14(20)9-11-15/h8-11,16H,3-7,12-13H2,1-2H3,(H,21,25). The maximum Gasteiger partial charge on any atom is 0.233 e. The second-order valence-electron chi connectivity index (χ2n) is 6.26. The molecule has 7 heteroatoms. The average molecular weight is 396 g/mol. The van der Waals surface area contributed by atoms with E-state index in [1.807, 2.05) is 12.1 Å². The number of hydrogen-bond donors (Lipinski definition) is 1. The van der Waals surface area contributed by atoms with Crippen LogP contribution in [0.5, 0.6) is 0 Å². The van der Waals surface area contributed by atoms with Crippen molar-refractivity contribution in [2.75, 3.05) is 13.6 Å². The van der Waals surface area contributed by atoms with Gasteiger partial charge >= 0.3 is 0 Å². The third-order valence-corrected chi connectivity index (χ3v) is 5.65. The number of rotatable bonds is 8. The van der Waals surface area contributed by atoms with Crippen molar-refractivity contribution in [3.63, 3.8) is 0 Å². The zero-order valence-corrected chi connectivity index (χ0v) is 16.9. The van der Waals surface area contributed by atoms with Gasteiger partial charge in [0.05, 0.1) is 10.9 Å². The van der Waals surface area contributed by atoms with E-state index < -0.39 is 5.25 Å². The molecular formula is C19H26ClN3O2S. The second kappa shape index (κ2) is 10.6. The van der Waals surface area contributed by atoms with Crippen LogP contribution in [0, 0.1) is 0 Å². The normalized spacial score (nSPS) is 19.0. The number of benzene rings is 1. The molecule has 0 aliphatic carbocycles. The summed E-state index contributed by atoms with van der Waals surface area (Å²) < 4.78 is 0. The third-order valence-electron chi connectivity index (χ3n) is 4.22. The van der Waals surface area contributed by atoms with Gasteiger partial charge in [0.25, 0.3) is 0 Å². The van der Waals surface area contributed by atoms with E-state index in [9.17, 15) is 9.59 Å². The summed E-state index contributed by atoms with van der Waals surface area (Å²) in [5, 5.41) is 3.42. The van der Waals surface area contributed by atoms with E-state index in [0.29, 0.717) is 16.7 Å². The molecular weight excluding hydrogens is 370 g/mol. The van der Waals surface area contributed by atoms with Gasteiger partial charge in [-0.05, 0) is 30.7 Å². The number of halogens is 1. The van der Waals surface area contributed by atoms with Crippen LogP contribution in [0.1, 0.15) is 45.4 Å². The number of aliphatic imine (C=N–C) groups is 1. The van der Waals surface area contributed by atoms with Crippen LogP contribution in [-0.4, -0.2) is 40.7 Å². The first-order valence-electron chi connectivity index (χ1n) is 9.08. The lowest BCUT2D eigenvalue weighted by Crippen LogP contribution is -2.46. The first kappa shape index (κ1) is 20.8. The topological polar surface area (TPSA) is 61.8 Å². The molecule has 1 saturated heterocycles. The molecule has 0 bridgehead atoms. The van der Waals surface area contributed by atoms with Gasteiger partial charge < -0.3 is 5.32 Å². The molecule has 1 aliphatic rings. The van der Waals surface area contributed by atoms with E-state index in [-0.39, 0.29) is 18.2 Å². The fourth-order valence-electron chi connectivity index (χ4n) is 2.72. The predicted molar refractivity (Wildman–Crippen MR) is 109 cm³/mol. The maximum absolute atomic E-state index is 12.6. The monoisotopic (exact) mass is 395 g/mol. The molecule has 5 nitrogen and oxygen atoms in total. The van der Waals surface area contributed by atoms with Crippen molar-refractivity contribution in [3.8, 4) is 0 Å². The number of carbonyl (C=O) groups excluding carboxylic acids is 2. The molecule has 1 aromatic carbocycles. The van der Waals surface area contributed by atoms with E-state index in [0.717, 1.165) is 18.5 Å². The van der Waals surface area contributed by atoms with Crippen LogP contribution in [0.4, 0.5) is 5.69 Å². The third kappa shape index (κ3) is 6.02. The Labute approximate surface area is 164 Å². The summed E-state index contributed by atoms with van der Waals surface area (Å²) in [5.74, 6) is -0.185. The van der Waals surface area contributed by atoms with Gasteiger partial charge in [-0.25, -0.2) is 4.99 Å². The summed E-state index contributed by atoms with van der Waals surface area (Å²) in [6.07, 6.45) is 5.82. The molecule has 1 heterocycles. The lowest BCUT2D eigenvalue weighted by atomic mass is 10.1. The number of unbranched alkanes of at least 4 members (excludes halogenated alkanes) is 4. The van der Waals surface area contributed by atoms with Gasteiger partial charge in [0.15, 0.2) is 5.17 Å². The van der Waals surface area contributed by atoms with Gasteiger partial charge in [-0.3, -0.25) is 14.5 Å². The molecule has 1 N–H and O–H groups in total. The molecule has 0 radical (unpaired) electrons. The summed E-state index contributed by atoms with van der Waals surface area (Å²) >= 11 is 7.28. The summed E-state index contributed by atoms with van der Waals surface area (Å²) in [6.45, 7) is 2.82. The number of carbonyl (C=O) groups is 2. The lowest BCUT2D eigenvalue weighted by molar-refractivity contribution is -0.130. The minimum absolute atomic E-state index is 0.0412. The van der Waals surface area contributed by atoms with Crippen LogP contribution in [-0.2, 0) is 9.59 Å². The molecule has 0 aromatic heterocycles. The van der Waals surface area contributed by atoms with Crippen LogP contribution in [0.25, 0.3) is 0 Å². The number of amidine groups is 1. The number of thioether (sulfide) groups is 1. The highest BCUT2D eigenvalue weighted by atomic mass is 35.5. The maximum atomic E-state index is 12.6. The van der Waals surface area contributed by atoms with Crippen molar-refractivity contribution in [3.05, 3.63) is 29.3 Å². The van der Waals surface area contributed by atoms with Crippen molar-refractivity contribution < 1.29 is 9.59 Å². The fourth-order valence-corrected chi connectivity index (χ4v) is 4.03. The summed E-state index contributed by atoms with van der Waals surface area (Å²) in [4.78, 5) is 31.0. The molecule has 26 heavy (non-hydrogen) atoms. The van der Waals surface area contributed by atoms with Crippen LogP contribution in [0.3, 0.4) is 0 Å². The highest BCUT2D eigenvalue weighted by Crippen LogP contribution is 2.29. The van der Waals surface area contributed by atoms with Gasteiger partial charge in [-0.1, -0.05) is 56.0 Å². The zero-order valence-electron chi connectivity index (χ0n) is 15.3. The van der Waals surface area contributed by atoms with E-state index in [1.165, 1.54) is 31.0 Å². The number of hydrogen-bond acceptors (Lipinski definition) is 4. The molecule has 142 valence electrons. The Balaban J connectivity index is 2.15.